The van der Waals surface area contributed by atoms with Crippen molar-refractivity contribution in [3.63, 3.8) is 0 Å². The zero-order valence-corrected chi connectivity index (χ0v) is 15.9. The van der Waals surface area contributed by atoms with Crippen LogP contribution in [0.5, 0.6) is 0 Å². The molecule has 1 aliphatic heterocycles. The molecule has 2 amide bonds. The number of carbonyl (C=O) groups excluding carboxylic acids is 2. The van der Waals surface area contributed by atoms with Crippen LogP contribution in [-0.4, -0.2) is 24.1 Å². The van der Waals surface area contributed by atoms with Crippen LogP contribution in [0.4, 0.5) is 5.69 Å². The Morgan fingerprint density at radius 3 is 2.44 bits per heavy atom. The molecule has 0 aromatic heterocycles. The summed E-state index contributed by atoms with van der Waals surface area (Å²) in [5.74, 6) is -0.621. The summed E-state index contributed by atoms with van der Waals surface area (Å²) in [5.41, 5.74) is 2.70. The quantitative estimate of drug-likeness (QED) is 0.656. The Balaban J connectivity index is 2.04. The molecule has 0 unspecified atom stereocenters. The summed E-state index contributed by atoms with van der Waals surface area (Å²) in [4.78, 5) is 26.8. The Labute approximate surface area is 162 Å². The maximum Gasteiger partial charge on any atom is 0.264 e. The van der Waals surface area contributed by atoms with E-state index in [0.29, 0.717) is 17.1 Å². The highest BCUT2D eigenvalue weighted by Gasteiger charge is 2.40. The molecule has 0 bridgehead atoms. The van der Waals surface area contributed by atoms with Crippen LogP contribution in [0.3, 0.4) is 0 Å². The topological polar surface area (TPSA) is 73.2 Å². The van der Waals surface area contributed by atoms with Crippen LogP contribution in [0.15, 0.2) is 65.2 Å². The van der Waals surface area contributed by atoms with Gasteiger partial charge in [-0.2, -0.15) is 5.26 Å². The SMILES string of the molecule is CNC(=O)/C(C#N)=C1/S[C@@H](Cc2ccccc2)C(=O)N1c1ccc(C)cc1. The van der Waals surface area contributed by atoms with Crippen LogP contribution in [-0.2, 0) is 16.0 Å². The highest BCUT2D eigenvalue weighted by Crippen LogP contribution is 2.41. The number of amides is 2. The Hall–Kier alpha value is -3.04. The molecule has 3 rings (SSSR count). The van der Waals surface area contributed by atoms with Crippen molar-refractivity contribution >= 4 is 29.3 Å². The molecule has 0 radical (unpaired) electrons. The molecule has 136 valence electrons. The third kappa shape index (κ3) is 3.88. The molecule has 1 saturated heterocycles. The third-order valence-corrected chi connectivity index (χ3v) is 5.55. The molecule has 27 heavy (non-hydrogen) atoms. The lowest BCUT2D eigenvalue weighted by Gasteiger charge is -2.18. The third-order valence-electron chi connectivity index (χ3n) is 4.29. The van der Waals surface area contributed by atoms with Crippen molar-refractivity contribution in [3.8, 4) is 6.07 Å². The molecule has 2 aromatic carbocycles. The van der Waals surface area contributed by atoms with Crippen LogP contribution in [0, 0.1) is 18.3 Å². The molecule has 0 saturated carbocycles. The summed E-state index contributed by atoms with van der Waals surface area (Å²) in [7, 11) is 1.47. The van der Waals surface area contributed by atoms with Crippen molar-refractivity contribution in [1.82, 2.24) is 5.32 Å². The number of rotatable bonds is 4. The molecule has 0 aliphatic carbocycles. The second-order valence-electron chi connectivity index (χ2n) is 6.18. The first-order valence-corrected chi connectivity index (χ1v) is 9.40. The van der Waals surface area contributed by atoms with Crippen LogP contribution in [0.2, 0.25) is 0 Å². The van der Waals surface area contributed by atoms with Gasteiger partial charge in [0.15, 0.2) is 0 Å². The molecule has 1 N–H and O–H groups in total. The standard InChI is InChI=1S/C21H19N3O2S/c1-14-8-10-16(11-9-14)24-20(26)18(12-15-6-4-3-5-7-15)27-21(24)17(13-22)19(25)23-2/h3-11,18H,12H2,1-2H3,(H,23,25)/b21-17+/t18-/m0/s1. The average molecular weight is 377 g/mol. The van der Waals surface area contributed by atoms with Crippen molar-refractivity contribution in [2.45, 2.75) is 18.6 Å². The number of carbonyl (C=O) groups is 2. The largest absolute Gasteiger partial charge is 0.354 e. The van der Waals surface area contributed by atoms with Gasteiger partial charge in [-0.15, -0.1) is 0 Å². The predicted octanol–water partition coefficient (Wildman–Crippen LogP) is 3.17. The molecule has 1 fully saturated rings. The highest BCUT2D eigenvalue weighted by molar-refractivity contribution is 8.05. The highest BCUT2D eigenvalue weighted by atomic mass is 32.2. The summed E-state index contributed by atoms with van der Waals surface area (Å²) in [6.07, 6.45) is 0.530. The summed E-state index contributed by atoms with van der Waals surface area (Å²) >= 11 is 1.27. The molecular formula is C21H19N3O2S. The number of nitrogens with one attached hydrogen (secondary N) is 1. The number of benzene rings is 2. The second kappa shape index (κ2) is 8.11. The van der Waals surface area contributed by atoms with Crippen molar-refractivity contribution in [2.75, 3.05) is 11.9 Å². The summed E-state index contributed by atoms with van der Waals surface area (Å²) in [5, 5.41) is 12.0. The fraction of sp³-hybridized carbons (Fsp3) is 0.190. The molecule has 1 aliphatic rings. The molecule has 2 aromatic rings. The number of aryl methyl sites for hydroxylation is 1. The van der Waals surface area contributed by atoms with Gasteiger partial charge in [0.1, 0.15) is 16.7 Å². The fourth-order valence-electron chi connectivity index (χ4n) is 2.87. The predicted molar refractivity (Wildman–Crippen MR) is 107 cm³/mol. The molecular weight excluding hydrogens is 358 g/mol. The number of anilines is 1. The molecule has 1 atom stereocenters. The van der Waals surface area contributed by atoms with Gasteiger partial charge < -0.3 is 5.32 Å². The van der Waals surface area contributed by atoms with Crippen LogP contribution >= 0.6 is 11.8 Å². The van der Waals surface area contributed by atoms with E-state index in [4.69, 9.17) is 0 Å². The smallest absolute Gasteiger partial charge is 0.264 e. The van der Waals surface area contributed by atoms with Gasteiger partial charge in [-0.3, -0.25) is 14.5 Å². The monoisotopic (exact) mass is 377 g/mol. The second-order valence-corrected chi connectivity index (χ2v) is 7.37. The fourth-order valence-corrected chi connectivity index (χ4v) is 4.18. The van der Waals surface area contributed by atoms with Gasteiger partial charge in [-0.05, 0) is 31.0 Å². The lowest BCUT2D eigenvalue weighted by Crippen LogP contribution is -2.31. The van der Waals surface area contributed by atoms with E-state index in [0.717, 1.165) is 11.1 Å². The normalized spacial score (nSPS) is 18.2. The van der Waals surface area contributed by atoms with Crippen LogP contribution in [0.1, 0.15) is 11.1 Å². The zero-order chi connectivity index (χ0) is 19.4. The van der Waals surface area contributed by atoms with Crippen molar-refractivity contribution < 1.29 is 9.59 Å². The Morgan fingerprint density at radius 1 is 1.19 bits per heavy atom. The molecule has 0 spiro atoms. The lowest BCUT2D eigenvalue weighted by molar-refractivity contribution is -0.117. The molecule has 6 heteroatoms. The van der Waals surface area contributed by atoms with E-state index in [1.165, 1.54) is 23.7 Å². The van der Waals surface area contributed by atoms with E-state index in [9.17, 15) is 14.9 Å². The van der Waals surface area contributed by atoms with Crippen molar-refractivity contribution in [3.05, 3.63) is 76.3 Å². The maximum absolute atomic E-state index is 13.2. The Kier molecular flexibility index (Phi) is 5.63. The maximum atomic E-state index is 13.2. The van der Waals surface area contributed by atoms with Gasteiger partial charge in [0.25, 0.3) is 5.91 Å². The Morgan fingerprint density at radius 2 is 1.85 bits per heavy atom. The van der Waals surface area contributed by atoms with E-state index >= 15 is 0 Å². The van der Waals surface area contributed by atoms with Gasteiger partial charge in [0, 0.05) is 12.7 Å². The minimum atomic E-state index is -0.495. The van der Waals surface area contributed by atoms with E-state index < -0.39 is 11.2 Å². The molecule has 5 nitrogen and oxygen atoms in total. The van der Waals surface area contributed by atoms with E-state index in [1.807, 2.05) is 67.6 Å². The summed E-state index contributed by atoms with van der Waals surface area (Å²) < 4.78 is 0. The van der Waals surface area contributed by atoms with Gasteiger partial charge >= 0.3 is 0 Å². The number of nitriles is 1. The zero-order valence-electron chi connectivity index (χ0n) is 15.1. The number of thioether (sulfide) groups is 1. The number of hydrogen-bond donors (Lipinski definition) is 1. The first kappa shape index (κ1) is 18.7. The number of nitrogens with zero attached hydrogens (tertiary/aromatic N) is 2. The van der Waals surface area contributed by atoms with E-state index in [1.54, 1.807) is 0 Å². The van der Waals surface area contributed by atoms with Crippen LogP contribution in [0.25, 0.3) is 0 Å². The summed E-state index contributed by atoms with van der Waals surface area (Å²) in [6, 6.07) is 19.2. The Bertz CT molecular complexity index is 930. The number of hydrogen-bond acceptors (Lipinski definition) is 4. The van der Waals surface area contributed by atoms with Gasteiger partial charge in [0.05, 0.1) is 5.25 Å². The van der Waals surface area contributed by atoms with E-state index in [-0.39, 0.29) is 11.5 Å². The van der Waals surface area contributed by atoms with Gasteiger partial charge in [-0.25, -0.2) is 0 Å². The lowest BCUT2D eigenvalue weighted by atomic mass is 10.1. The van der Waals surface area contributed by atoms with Crippen molar-refractivity contribution in [1.29, 1.82) is 5.26 Å². The van der Waals surface area contributed by atoms with Crippen LogP contribution < -0.4 is 10.2 Å². The minimum absolute atomic E-state index is 0.0491. The average Bonchev–Trinajstić information content (AvgIpc) is 3.00. The summed E-state index contributed by atoms with van der Waals surface area (Å²) in [6.45, 7) is 1.96. The van der Waals surface area contributed by atoms with Gasteiger partial charge in [-0.1, -0.05) is 59.8 Å². The first-order valence-electron chi connectivity index (χ1n) is 8.53. The number of likely N-dealkylation sites (N-methyl/N-ethyl adjacent to an activating group) is 1. The van der Waals surface area contributed by atoms with Crippen molar-refractivity contribution in [2.24, 2.45) is 0 Å². The van der Waals surface area contributed by atoms with Gasteiger partial charge in [0.2, 0.25) is 5.91 Å². The first-order chi connectivity index (χ1) is 13.0. The minimum Gasteiger partial charge on any atom is -0.354 e. The molecule has 1 heterocycles. The van der Waals surface area contributed by atoms with E-state index in [2.05, 4.69) is 5.32 Å².